The van der Waals surface area contributed by atoms with Crippen LogP contribution < -0.4 is 5.32 Å². The van der Waals surface area contributed by atoms with Crippen molar-refractivity contribution >= 4 is 0 Å². The Morgan fingerprint density at radius 2 is 1.73 bits per heavy atom. The van der Waals surface area contributed by atoms with Crippen LogP contribution in [0.3, 0.4) is 0 Å². The maximum atomic E-state index is 3.57. The van der Waals surface area contributed by atoms with E-state index in [1.165, 1.54) is 70.9 Å². The van der Waals surface area contributed by atoms with Crippen molar-refractivity contribution in [2.24, 2.45) is 11.3 Å². The third-order valence-electron chi connectivity index (χ3n) is 4.47. The molecule has 0 bridgehead atoms. The van der Waals surface area contributed by atoms with Crippen LogP contribution in [0, 0.1) is 11.3 Å². The van der Waals surface area contributed by atoms with Crippen LogP contribution in [0.4, 0.5) is 0 Å². The lowest BCUT2D eigenvalue weighted by molar-refractivity contribution is 0.0379. The Bertz CT molecular complexity index is 172. The molecule has 2 rings (SSSR count). The highest BCUT2D eigenvalue weighted by Gasteiger charge is 2.42. The quantitative estimate of drug-likeness (QED) is 0.696. The standard InChI is InChI=1S/C14H27N/c1-2-9-15-12-13-10-14(11-13)7-5-3-4-6-8-14/h13,15H,2-12H2,1H3. The van der Waals surface area contributed by atoms with Crippen LogP contribution in [0.1, 0.15) is 64.7 Å². The molecule has 0 amide bonds. The van der Waals surface area contributed by atoms with E-state index in [0.717, 1.165) is 11.3 Å². The molecule has 0 heterocycles. The summed E-state index contributed by atoms with van der Waals surface area (Å²) in [5.41, 5.74) is 0.815. The summed E-state index contributed by atoms with van der Waals surface area (Å²) in [5, 5.41) is 3.57. The number of rotatable bonds is 4. The van der Waals surface area contributed by atoms with Gasteiger partial charge in [-0.1, -0.05) is 32.6 Å². The fourth-order valence-corrected chi connectivity index (χ4v) is 3.68. The molecule has 0 aromatic heterocycles. The van der Waals surface area contributed by atoms with Crippen LogP contribution in [0.5, 0.6) is 0 Å². The lowest BCUT2D eigenvalue weighted by Gasteiger charge is -2.48. The van der Waals surface area contributed by atoms with Gasteiger partial charge in [0.25, 0.3) is 0 Å². The van der Waals surface area contributed by atoms with E-state index in [9.17, 15) is 0 Å². The van der Waals surface area contributed by atoms with E-state index < -0.39 is 0 Å². The fourth-order valence-electron chi connectivity index (χ4n) is 3.68. The first-order valence-corrected chi connectivity index (χ1v) is 7.05. The summed E-state index contributed by atoms with van der Waals surface area (Å²) in [6.07, 6.45) is 13.4. The summed E-state index contributed by atoms with van der Waals surface area (Å²) in [4.78, 5) is 0. The Hall–Kier alpha value is -0.0400. The molecule has 2 saturated carbocycles. The Balaban J connectivity index is 1.66. The van der Waals surface area contributed by atoms with Crippen molar-refractivity contribution in [3.05, 3.63) is 0 Å². The van der Waals surface area contributed by atoms with Gasteiger partial charge < -0.3 is 5.32 Å². The number of hydrogen-bond acceptors (Lipinski definition) is 1. The molecule has 1 nitrogen and oxygen atoms in total. The normalized spacial score (nSPS) is 26.2. The molecule has 15 heavy (non-hydrogen) atoms. The highest BCUT2D eigenvalue weighted by molar-refractivity contribution is 4.95. The van der Waals surface area contributed by atoms with E-state index in [4.69, 9.17) is 0 Å². The van der Waals surface area contributed by atoms with E-state index in [0.29, 0.717) is 0 Å². The molecule has 0 radical (unpaired) electrons. The van der Waals surface area contributed by atoms with Crippen LogP contribution >= 0.6 is 0 Å². The molecule has 0 unspecified atom stereocenters. The Morgan fingerprint density at radius 3 is 2.33 bits per heavy atom. The van der Waals surface area contributed by atoms with E-state index in [1.807, 2.05) is 0 Å². The highest BCUT2D eigenvalue weighted by atomic mass is 14.9. The summed E-state index contributed by atoms with van der Waals surface area (Å²) < 4.78 is 0. The Labute approximate surface area is 95.0 Å². The first kappa shape index (κ1) is 11.4. The van der Waals surface area contributed by atoms with Crippen molar-refractivity contribution in [2.45, 2.75) is 64.7 Å². The van der Waals surface area contributed by atoms with Crippen LogP contribution in [0.2, 0.25) is 0 Å². The number of hydrogen-bond donors (Lipinski definition) is 1. The van der Waals surface area contributed by atoms with Gasteiger partial charge in [-0.3, -0.25) is 0 Å². The molecular formula is C14H27N. The van der Waals surface area contributed by atoms with Crippen molar-refractivity contribution in [2.75, 3.05) is 13.1 Å². The van der Waals surface area contributed by atoms with Gasteiger partial charge in [-0.15, -0.1) is 0 Å². The molecule has 2 fully saturated rings. The van der Waals surface area contributed by atoms with Crippen molar-refractivity contribution in [1.29, 1.82) is 0 Å². The van der Waals surface area contributed by atoms with Gasteiger partial charge in [0.1, 0.15) is 0 Å². The van der Waals surface area contributed by atoms with E-state index in [1.54, 1.807) is 0 Å². The van der Waals surface area contributed by atoms with Gasteiger partial charge in [-0.2, -0.15) is 0 Å². The molecule has 0 aromatic rings. The topological polar surface area (TPSA) is 12.0 Å². The van der Waals surface area contributed by atoms with Crippen LogP contribution in [-0.2, 0) is 0 Å². The highest BCUT2D eigenvalue weighted by Crippen LogP contribution is 2.53. The maximum Gasteiger partial charge on any atom is -0.00201 e. The Morgan fingerprint density at radius 1 is 1.07 bits per heavy atom. The maximum absolute atomic E-state index is 3.57. The lowest BCUT2D eigenvalue weighted by Crippen LogP contribution is -2.41. The zero-order chi connectivity index (χ0) is 10.6. The molecule has 1 heteroatoms. The van der Waals surface area contributed by atoms with Gasteiger partial charge in [-0.25, -0.2) is 0 Å². The predicted octanol–water partition coefficient (Wildman–Crippen LogP) is 3.74. The zero-order valence-corrected chi connectivity index (χ0v) is 10.4. The lowest BCUT2D eigenvalue weighted by atomic mass is 9.58. The van der Waals surface area contributed by atoms with Crippen molar-refractivity contribution in [3.63, 3.8) is 0 Å². The summed E-state index contributed by atoms with van der Waals surface area (Å²) in [6, 6.07) is 0. The molecule has 2 aliphatic carbocycles. The van der Waals surface area contributed by atoms with E-state index in [-0.39, 0.29) is 0 Å². The summed E-state index contributed by atoms with van der Waals surface area (Å²) in [7, 11) is 0. The van der Waals surface area contributed by atoms with Crippen LogP contribution in [-0.4, -0.2) is 13.1 Å². The minimum absolute atomic E-state index is 0.815. The Kier molecular flexibility index (Phi) is 4.07. The summed E-state index contributed by atoms with van der Waals surface area (Å²) in [5.74, 6) is 1.01. The van der Waals surface area contributed by atoms with E-state index in [2.05, 4.69) is 12.2 Å². The third kappa shape index (κ3) is 2.96. The van der Waals surface area contributed by atoms with Gasteiger partial charge in [-0.05, 0) is 56.5 Å². The summed E-state index contributed by atoms with van der Waals surface area (Å²) in [6.45, 7) is 4.75. The van der Waals surface area contributed by atoms with Gasteiger partial charge in [0.05, 0.1) is 0 Å². The van der Waals surface area contributed by atoms with Crippen molar-refractivity contribution in [3.8, 4) is 0 Å². The van der Waals surface area contributed by atoms with Crippen LogP contribution in [0.25, 0.3) is 0 Å². The third-order valence-corrected chi connectivity index (χ3v) is 4.47. The molecule has 2 aliphatic rings. The first-order chi connectivity index (χ1) is 7.35. The van der Waals surface area contributed by atoms with Crippen molar-refractivity contribution in [1.82, 2.24) is 5.32 Å². The second-order valence-corrected chi connectivity index (χ2v) is 5.89. The zero-order valence-electron chi connectivity index (χ0n) is 10.4. The first-order valence-electron chi connectivity index (χ1n) is 7.05. The molecule has 0 aromatic carbocycles. The average Bonchev–Trinajstić information content (AvgIpc) is 2.42. The van der Waals surface area contributed by atoms with Crippen molar-refractivity contribution < 1.29 is 0 Å². The molecule has 88 valence electrons. The van der Waals surface area contributed by atoms with Gasteiger partial charge in [0.15, 0.2) is 0 Å². The van der Waals surface area contributed by atoms with Gasteiger partial charge in [0, 0.05) is 0 Å². The summed E-state index contributed by atoms with van der Waals surface area (Å²) >= 11 is 0. The molecule has 0 atom stereocenters. The smallest absolute Gasteiger partial charge is 0.00201 e. The molecular weight excluding hydrogens is 182 g/mol. The van der Waals surface area contributed by atoms with E-state index >= 15 is 0 Å². The minimum atomic E-state index is 0.815. The minimum Gasteiger partial charge on any atom is -0.316 e. The largest absolute Gasteiger partial charge is 0.316 e. The van der Waals surface area contributed by atoms with Crippen LogP contribution in [0.15, 0.2) is 0 Å². The monoisotopic (exact) mass is 209 g/mol. The number of nitrogens with one attached hydrogen (secondary N) is 1. The second-order valence-electron chi connectivity index (χ2n) is 5.89. The fraction of sp³-hybridized carbons (Fsp3) is 1.00. The molecule has 0 aliphatic heterocycles. The second kappa shape index (κ2) is 5.34. The SMILES string of the molecule is CCCNCC1CC2(CCCCCC2)C1. The van der Waals surface area contributed by atoms with Gasteiger partial charge in [0.2, 0.25) is 0 Å². The molecule has 1 N–H and O–H groups in total. The average molecular weight is 209 g/mol. The van der Waals surface area contributed by atoms with Gasteiger partial charge >= 0.3 is 0 Å². The predicted molar refractivity (Wildman–Crippen MR) is 66.0 cm³/mol. The molecule has 0 saturated heterocycles. The molecule has 1 spiro atoms.